The van der Waals surface area contributed by atoms with Crippen LogP contribution in [0.2, 0.25) is 5.02 Å². The van der Waals surface area contributed by atoms with Gasteiger partial charge in [-0.25, -0.2) is 9.97 Å². The first-order valence-electron chi connectivity index (χ1n) is 6.03. The number of hydrogen-bond acceptors (Lipinski definition) is 4. The third-order valence-electron chi connectivity index (χ3n) is 2.75. The summed E-state index contributed by atoms with van der Waals surface area (Å²) < 4.78 is 0. The van der Waals surface area contributed by atoms with E-state index in [1.807, 2.05) is 44.3 Å². The van der Waals surface area contributed by atoms with E-state index in [9.17, 15) is 0 Å². The Hall–Kier alpha value is -1.10. The molecule has 100 valence electrons. The Bertz CT molecular complexity index is 572. The number of halogens is 1. The number of aryl methyl sites for hydroxylation is 1. The van der Waals surface area contributed by atoms with E-state index in [-0.39, 0.29) is 6.04 Å². The van der Waals surface area contributed by atoms with Gasteiger partial charge < -0.3 is 5.73 Å². The molecule has 5 heteroatoms. The Labute approximate surface area is 122 Å². The molecule has 1 aromatic carbocycles. The van der Waals surface area contributed by atoms with Crippen LogP contribution in [0.25, 0.3) is 0 Å². The summed E-state index contributed by atoms with van der Waals surface area (Å²) in [6, 6.07) is 7.74. The smallest absolute Gasteiger partial charge is 0.138 e. The standard InChI is InChI=1S/C14H16ClN3S/c1-9(16)11-7-17-14(18-10(11)2)8-19-13-6-4-3-5-12(13)15/h3-7,9H,8,16H2,1-2H3/t9-/m1/s1. The molecule has 0 aliphatic heterocycles. The van der Waals surface area contributed by atoms with Crippen LogP contribution in [-0.4, -0.2) is 9.97 Å². The summed E-state index contributed by atoms with van der Waals surface area (Å²) in [7, 11) is 0. The second-order valence-corrected chi connectivity index (χ2v) is 5.76. The van der Waals surface area contributed by atoms with E-state index in [1.54, 1.807) is 11.8 Å². The second kappa shape index (κ2) is 6.37. The van der Waals surface area contributed by atoms with Gasteiger partial charge in [-0.05, 0) is 26.0 Å². The van der Waals surface area contributed by atoms with Crippen LogP contribution in [0.4, 0.5) is 0 Å². The normalized spacial score (nSPS) is 12.4. The lowest BCUT2D eigenvalue weighted by atomic mass is 10.1. The number of thioether (sulfide) groups is 1. The van der Waals surface area contributed by atoms with E-state index in [1.165, 1.54) is 0 Å². The average Bonchev–Trinajstić information content (AvgIpc) is 2.37. The lowest BCUT2D eigenvalue weighted by Gasteiger charge is -2.09. The molecule has 0 unspecified atom stereocenters. The van der Waals surface area contributed by atoms with Gasteiger partial charge in [0.1, 0.15) is 5.82 Å². The fourth-order valence-corrected chi connectivity index (χ4v) is 2.85. The van der Waals surface area contributed by atoms with E-state index in [2.05, 4.69) is 9.97 Å². The van der Waals surface area contributed by atoms with Gasteiger partial charge >= 0.3 is 0 Å². The summed E-state index contributed by atoms with van der Waals surface area (Å²) in [5.74, 6) is 1.50. The highest BCUT2D eigenvalue weighted by Gasteiger charge is 2.08. The molecule has 0 saturated heterocycles. The van der Waals surface area contributed by atoms with E-state index < -0.39 is 0 Å². The van der Waals surface area contributed by atoms with Gasteiger partial charge in [0.05, 0.1) is 10.8 Å². The van der Waals surface area contributed by atoms with Gasteiger partial charge in [0.2, 0.25) is 0 Å². The highest BCUT2D eigenvalue weighted by atomic mass is 35.5. The minimum Gasteiger partial charge on any atom is -0.324 e. The molecule has 1 heterocycles. The Morgan fingerprint density at radius 1 is 1.37 bits per heavy atom. The number of aromatic nitrogens is 2. The number of nitrogens with zero attached hydrogens (tertiary/aromatic N) is 2. The van der Waals surface area contributed by atoms with Gasteiger partial charge in [-0.3, -0.25) is 0 Å². The van der Waals surface area contributed by atoms with Crippen LogP contribution in [0.15, 0.2) is 35.4 Å². The van der Waals surface area contributed by atoms with Crippen molar-refractivity contribution in [3.8, 4) is 0 Å². The Kier molecular flexibility index (Phi) is 4.80. The molecule has 0 amide bonds. The maximum absolute atomic E-state index is 6.11. The van der Waals surface area contributed by atoms with Gasteiger partial charge in [-0.1, -0.05) is 23.7 Å². The summed E-state index contributed by atoms with van der Waals surface area (Å²) in [5, 5.41) is 0.761. The van der Waals surface area contributed by atoms with Crippen molar-refractivity contribution in [2.75, 3.05) is 0 Å². The van der Waals surface area contributed by atoms with Crippen molar-refractivity contribution in [2.24, 2.45) is 5.73 Å². The quantitative estimate of drug-likeness (QED) is 0.872. The molecule has 1 aromatic heterocycles. The number of hydrogen-bond donors (Lipinski definition) is 1. The molecule has 2 rings (SSSR count). The largest absolute Gasteiger partial charge is 0.324 e. The summed E-state index contributed by atoms with van der Waals surface area (Å²) in [6.07, 6.45) is 1.81. The van der Waals surface area contributed by atoms with E-state index in [0.29, 0.717) is 5.75 Å². The zero-order valence-corrected chi connectivity index (χ0v) is 12.5. The molecule has 19 heavy (non-hydrogen) atoms. The molecule has 0 fully saturated rings. The van der Waals surface area contributed by atoms with Crippen molar-refractivity contribution >= 4 is 23.4 Å². The van der Waals surface area contributed by atoms with Gasteiger partial charge in [-0.2, -0.15) is 0 Å². The third-order valence-corrected chi connectivity index (χ3v) is 4.26. The van der Waals surface area contributed by atoms with E-state index in [4.69, 9.17) is 17.3 Å². The Balaban J connectivity index is 2.08. The fraction of sp³-hybridized carbons (Fsp3) is 0.286. The van der Waals surface area contributed by atoms with Crippen LogP contribution in [0.5, 0.6) is 0 Å². The maximum Gasteiger partial charge on any atom is 0.138 e. The zero-order chi connectivity index (χ0) is 13.8. The first-order valence-corrected chi connectivity index (χ1v) is 7.39. The number of rotatable bonds is 4. The number of nitrogens with two attached hydrogens (primary N) is 1. The lowest BCUT2D eigenvalue weighted by molar-refractivity contribution is 0.781. The van der Waals surface area contributed by atoms with Crippen LogP contribution < -0.4 is 5.73 Å². The van der Waals surface area contributed by atoms with Gasteiger partial charge in [-0.15, -0.1) is 11.8 Å². The van der Waals surface area contributed by atoms with Crippen LogP contribution >= 0.6 is 23.4 Å². The van der Waals surface area contributed by atoms with Crippen molar-refractivity contribution in [2.45, 2.75) is 30.5 Å². The van der Waals surface area contributed by atoms with E-state index in [0.717, 1.165) is 27.0 Å². The third kappa shape index (κ3) is 3.69. The minimum atomic E-state index is -0.0368. The van der Waals surface area contributed by atoms with Gasteiger partial charge in [0.25, 0.3) is 0 Å². The fourth-order valence-electron chi connectivity index (χ4n) is 1.75. The van der Waals surface area contributed by atoms with Crippen LogP contribution in [-0.2, 0) is 5.75 Å². The minimum absolute atomic E-state index is 0.0368. The molecule has 0 radical (unpaired) electrons. The molecular weight excluding hydrogens is 278 g/mol. The van der Waals surface area contributed by atoms with Crippen molar-refractivity contribution in [3.63, 3.8) is 0 Å². The molecule has 0 aliphatic rings. The topological polar surface area (TPSA) is 51.8 Å². The highest BCUT2D eigenvalue weighted by Crippen LogP contribution is 2.28. The molecular formula is C14H16ClN3S. The molecule has 0 aliphatic carbocycles. The predicted octanol–water partition coefficient (Wildman–Crippen LogP) is 3.75. The van der Waals surface area contributed by atoms with Crippen molar-refractivity contribution in [3.05, 3.63) is 52.6 Å². The maximum atomic E-state index is 6.11. The molecule has 0 spiro atoms. The number of benzene rings is 1. The average molecular weight is 294 g/mol. The molecule has 0 bridgehead atoms. The highest BCUT2D eigenvalue weighted by molar-refractivity contribution is 7.98. The summed E-state index contributed by atoms with van der Waals surface area (Å²) >= 11 is 7.75. The summed E-state index contributed by atoms with van der Waals surface area (Å²) in [4.78, 5) is 9.88. The summed E-state index contributed by atoms with van der Waals surface area (Å²) in [5.41, 5.74) is 7.78. The van der Waals surface area contributed by atoms with Crippen LogP contribution in [0.3, 0.4) is 0 Å². The molecule has 2 aromatic rings. The predicted molar refractivity (Wildman–Crippen MR) is 80.4 cm³/mol. The Morgan fingerprint density at radius 2 is 2.11 bits per heavy atom. The van der Waals surface area contributed by atoms with Crippen LogP contribution in [0, 0.1) is 6.92 Å². The summed E-state index contributed by atoms with van der Waals surface area (Å²) in [6.45, 7) is 3.90. The van der Waals surface area contributed by atoms with Crippen molar-refractivity contribution in [1.82, 2.24) is 9.97 Å². The van der Waals surface area contributed by atoms with Gasteiger partial charge in [0, 0.05) is 28.4 Å². The van der Waals surface area contributed by atoms with E-state index >= 15 is 0 Å². The van der Waals surface area contributed by atoms with Crippen molar-refractivity contribution in [1.29, 1.82) is 0 Å². The molecule has 3 nitrogen and oxygen atoms in total. The second-order valence-electron chi connectivity index (χ2n) is 4.33. The monoisotopic (exact) mass is 293 g/mol. The molecule has 0 saturated carbocycles. The zero-order valence-electron chi connectivity index (χ0n) is 10.9. The van der Waals surface area contributed by atoms with Gasteiger partial charge in [0.15, 0.2) is 0 Å². The van der Waals surface area contributed by atoms with Crippen molar-refractivity contribution < 1.29 is 0 Å². The SMILES string of the molecule is Cc1nc(CSc2ccccc2Cl)ncc1[C@@H](C)N. The first kappa shape index (κ1) is 14.3. The first-order chi connectivity index (χ1) is 9.08. The molecule has 1 atom stereocenters. The lowest BCUT2D eigenvalue weighted by Crippen LogP contribution is -2.10. The molecule has 2 N–H and O–H groups in total. The van der Waals surface area contributed by atoms with Crippen LogP contribution in [0.1, 0.15) is 30.0 Å². The Morgan fingerprint density at radius 3 is 2.74 bits per heavy atom.